The number of ether oxygens (including phenoxy) is 1. The Morgan fingerprint density at radius 1 is 1.42 bits per heavy atom. The molecule has 0 saturated heterocycles. The molecule has 10 heteroatoms. The maximum absolute atomic E-state index is 12.5. The molecule has 1 saturated carbocycles. The summed E-state index contributed by atoms with van der Waals surface area (Å²) in [7, 11) is 1.68. The molecule has 3 rings (SSSR count). The zero-order valence-electron chi connectivity index (χ0n) is 14.9. The van der Waals surface area contributed by atoms with Crippen molar-refractivity contribution in [2.24, 2.45) is 5.92 Å². The predicted molar refractivity (Wildman–Crippen MR) is 103 cm³/mol. The highest BCUT2D eigenvalue weighted by Gasteiger charge is 2.34. The fourth-order valence-corrected chi connectivity index (χ4v) is 4.53. The van der Waals surface area contributed by atoms with Crippen LogP contribution in [0.25, 0.3) is 0 Å². The summed E-state index contributed by atoms with van der Waals surface area (Å²) in [5.74, 6) is 0.0157. The van der Waals surface area contributed by atoms with Crippen molar-refractivity contribution >= 4 is 38.8 Å². The summed E-state index contributed by atoms with van der Waals surface area (Å²) in [5.41, 5.74) is 6.69. The summed E-state index contributed by atoms with van der Waals surface area (Å²) < 4.78 is 5.62. The van der Waals surface area contributed by atoms with Gasteiger partial charge in [-0.3, -0.25) is 4.79 Å². The minimum atomic E-state index is -0.0591. The number of aromatic nitrogens is 3. The molecule has 1 fully saturated rings. The third kappa shape index (κ3) is 4.68. The SMILES string of the molecule is CCc1csc(CNC(=O)[C@H]2CC[C@@H](Nc3nnc(N)s3)[C@H](OC)C2)n1. The lowest BCUT2D eigenvalue weighted by Crippen LogP contribution is -2.44. The minimum Gasteiger partial charge on any atom is -0.379 e. The van der Waals surface area contributed by atoms with Crippen LogP contribution in [0.1, 0.15) is 36.9 Å². The van der Waals surface area contributed by atoms with Gasteiger partial charge in [0.25, 0.3) is 0 Å². The lowest BCUT2D eigenvalue weighted by atomic mass is 9.83. The summed E-state index contributed by atoms with van der Waals surface area (Å²) in [5, 5.41) is 18.3. The molecule has 1 aliphatic carbocycles. The normalized spacial score (nSPS) is 22.9. The molecular formula is C16H24N6O2S2. The Bertz CT molecular complexity index is 734. The molecule has 0 aliphatic heterocycles. The standard InChI is InChI=1S/C16H24N6O2S2/c1-3-10-8-25-13(19-10)7-18-14(23)9-4-5-11(12(6-9)24-2)20-16-22-21-15(17)26-16/h8-9,11-12H,3-7H2,1-2H3,(H2,17,21)(H,18,23)(H,20,22)/t9-,11+,12+/m0/s1. The average molecular weight is 397 g/mol. The van der Waals surface area contributed by atoms with E-state index in [4.69, 9.17) is 10.5 Å². The monoisotopic (exact) mass is 396 g/mol. The number of carbonyl (C=O) groups excluding carboxylic acids is 1. The van der Waals surface area contributed by atoms with Crippen molar-refractivity contribution in [1.82, 2.24) is 20.5 Å². The lowest BCUT2D eigenvalue weighted by molar-refractivity contribution is -0.127. The second kappa shape index (κ2) is 8.74. The predicted octanol–water partition coefficient (Wildman–Crippen LogP) is 2.05. The highest BCUT2D eigenvalue weighted by molar-refractivity contribution is 7.18. The van der Waals surface area contributed by atoms with Crippen LogP contribution in [-0.2, 0) is 22.5 Å². The first-order chi connectivity index (χ1) is 12.6. The summed E-state index contributed by atoms with van der Waals surface area (Å²) in [6, 6.07) is 0.0995. The Morgan fingerprint density at radius 2 is 2.27 bits per heavy atom. The Balaban J connectivity index is 1.51. The first-order valence-corrected chi connectivity index (χ1v) is 10.4. The molecule has 2 aromatic heterocycles. The summed E-state index contributed by atoms with van der Waals surface area (Å²) in [4.78, 5) is 17.0. The number of amides is 1. The van der Waals surface area contributed by atoms with Crippen LogP contribution in [-0.4, -0.2) is 40.3 Å². The molecule has 0 spiro atoms. The molecule has 8 nitrogen and oxygen atoms in total. The van der Waals surface area contributed by atoms with Crippen molar-refractivity contribution in [2.75, 3.05) is 18.2 Å². The molecule has 0 radical (unpaired) electrons. The third-order valence-corrected chi connectivity index (χ3v) is 6.17. The van der Waals surface area contributed by atoms with Gasteiger partial charge in [-0.1, -0.05) is 18.3 Å². The van der Waals surface area contributed by atoms with E-state index in [-0.39, 0.29) is 24.0 Å². The van der Waals surface area contributed by atoms with E-state index < -0.39 is 0 Å². The van der Waals surface area contributed by atoms with E-state index in [1.165, 1.54) is 11.3 Å². The zero-order valence-corrected chi connectivity index (χ0v) is 16.5. The van der Waals surface area contributed by atoms with E-state index in [2.05, 4.69) is 32.7 Å². The summed E-state index contributed by atoms with van der Waals surface area (Å²) in [6.45, 7) is 2.56. The van der Waals surface area contributed by atoms with Gasteiger partial charge in [-0.15, -0.1) is 21.5 Å². The van der Waals surface area contributed by atoms with Crippen LogP contribution in [0, 0.1) is 5.92 Å². The highest BCUT2D eigenvalue weighted by Crippen LogP contribution is 2.30. The molecular weight excluding hydrogens is 372 g/mol. The fraction of sp³-hybridized carbons (Fsp3) is 0.625. The summed E-state index contributed by atoms with van der Waals surface area (Å²) in [6.07, 6.45) is 3.16. The van der Waals surface area contributed by atoms with Crippen LogP contribution in [0.5, 0.6) is 0 Å². The largest absolute Gasteiger partial charge is 0.379 e. The van der Waals surface area contributed by atoms with Gasteiger partial charge in [-0.25, -0.2) is 4.98 Å². The van der Waals surface area contributed by atoms with Crippen molar-refractivity contribution in [2.45, 2.75) is 51.3 Å². The van der Waals surface area contributed by atoms with E-state index in [0.717, 1.165) is 30.0 Å². The Hall–Kier alpha value is -1.78. The smallest absolute Gasteiger partial charge is 0.223 e. The summed E-state index contributed by atoms with van der Waals surface area (Å²) >= 11 is 2.90. The number of nitrogens with one attached hydrogen (secondary N) is 2. The number of methoxy groups -OCH3 is 1. The Labute approximate surface area is 160 Å². The van der Waals surface area contributed by atoms with Crippen molar-refractivity contribution in [3.05, 3.63) is 16.1 Å². The molecule has 2 aromatic rings. The molecule has 1 aliphatic rings. The van der Waals surface area contributed by atoms with Crippen molar-refractivity contribution in [1.29, 1.82) is 0 Å². The fourth-order valence-electron chi connectivity index (χ4n) is 3.14. The topological polar surface area (TPSA) is 115 Å². The number of thiazole rings is 1. The number of nitrogens with zero attached hydrogens (tertiary/aromatic N) is 3. The molecule has 0 bridgehead atoms. The molecule has 0 aromatic carbocycles. The molecule has 4 N–H and O–H groups in total. The number of nitrogen functional groups attached to an aromatic ring is 1. The van der Waals surface area contributed by atoms with Gasteiger partial charge in [0, 0.05) is 18.4 Å². The first-order valence-electron chi connectivity index (χ1n) is 8.68. The molecule has 1 amide bonds. The number of aryl methyl sites for hydroxylation is 1. The Morgan fingerprint density at radius 3 is 2.92 bits per heavy atom. The number of rotatable bonds is 7. The van der Waals surface area contributed by atoms with Gasteiger partial charge in [0.15, 0.2) is 0 Å². The quantitative estimate of drug-likeness (QED) is 0.656. The van der Waals surface area contributed by atoms with E-state index >= 15 is 0 Å². The van der Waals surface area contributed by atoms with Crippen molar-refractivity contribution < 1.29 is 9.53 Å². The molecule has 2 heterocycles. The number of carbonyl (C=O) groups is 1. The van der Waals surface area contributed by atoms with Gasteiger partial charge in [-0.2, -0.15) is 0 Å². The highest BCUT2D eigenvalue weighted by atomic mass is 32.1. The molecule has 142 valence electrons. The van der Waals surface area contributed by atoms with Crippen LogP contribution >= 0.6 is 22.7 Å². The van der Waals surface area contributed by atoms with Gasteiger partial charge >= 0.3 is 0 Å². The first kappa shape index (κ1) is 19.0. The van der Waals surface area contributed by atoms with Crippen molar-refractivity contribution in [3.8, 4) is 0 Å². The zero-order chi connectivity index (χ0) is 18.5. The minimum absolute atomic E-state index is 0.0527. The third-order valence-electron chi connectivity index (χ3n) is 4.59. The van der Waals surface area contributed by atoms with Gasteiger partial charge in [-0.05, 0) is 25.7 Å². The van der Waals surface area contributed by atoms with E-state index in [0.29, 0.717) is 23.2 Å². The van der Waals surface area contributed by atoms with Gasteiger partial charge in [0.2, 0.25) is 16.2 Å². The number of anilines is 2. The van der Waals surface area contributed by atoms with Gasteiger partial charge in [0.1, 0.15) is 5.01 Å². The number of hydrogen-bond donors (Lipinski definition) is 3. The van der Waals surface area contributed by atoms with Crippen LogP contribution in [0.3, 0.4) is 0 Å². The van der Waals surface area contributed by atoms with Crippen LogP contribution < -0.4 is 16.4 Å². The van der Waals surface area contributed by atoms with Crippen LogP contribution in [0.15, 0.2) is 5.38 Å². The van der Waals surface area contributed by atoms with E-state index in [9.17, 15) is 4.79 Å². The Kier molecular flexibility index (Phi) is 6.38. The van der Waals surface area contributed by atoms with E-state index in [1.807, 2.05) is 5.38 Å². The maximum atomic E-state index is 12.5. The lowest BCUT2D eigenvalue weighted by Gasteiger charge is -2.34. The number of hydrogen-bond acceptors (Lipinski definition) is 9. The molecule has 3 atom stereocenters. The average Bonchev–Trinajstić information content (AvgIpc) is 3.28. The molecule has 26 heavy (non-hydrogen) atoms. The number of nitrogens with two attached hydrogens (primary N) is 1. The van der Waals surface area contributed by atoms with Crippen molar-refractivity contribution in [3.63, 3.8) is 0 Å². The van der Waals surface area contributed by atoms with Gasteiger partial charge < -0.3 is 21.1 Å². The second-order valence-electron chi connectivity index (χ2n) is 6.28. The maximum Gasteiger partial charge on any atom is 0.223 e. The van der Waals surface area contributed by atoms with Gasteiger partial charge in [0.05, 0.1) is 24.4 Å². The van der Waals surface area contributed by atoms with Crippen LogP contribution in [0.2, 0.25) is 0 Å². The second-order valence-corrected chi connectivity index (χ2v) is 8.24. The van der Waals surface area contributed by atoms with E-state index in [1.54, 1.807) is 18.4 Å². The molecule has 0 unspecified atom stereocenters. The van der Waals surface area contributed by atoms with Crippen LogP contribution in [0.4, 0.5) is 10.3 Å².